The van der Waals surface area contributed by atoms with Crippen LogP contribution < -0.4 is 5.32 Å². The molecule has 1 aromatic rings. The minimum absolute atomic E-state index is 0.502. The third kappa shape index (κ3) is 3.95. The van der Waals surface area contributed by atoms with Gasteiger partial charge in [-0.3, -0.25) is 0 Å². The van der Waals surface area contributed by atoms with Crippen LogP contribution in [0.1, 0.15) is 62.6 Å². The predicted molar refractivity (Wildman–Crippen MR) is 71.3 cm³/mol. The Morgan fingerprint density at radius 2 is 1.94 bits per heavy atom. The monoisotopic (exact) mass is 249 g/mol. The van der Waals surface area contributed by atoms with E-state index in [1.807, 2.05) is 6.08 Å². The van der Waals surface area contributed by atoms with Gasteiger partial charge in [0, 0.05) is 12.5 Å². The molecule has 0 unspecified atom stereocenters. The molecular formula is C14H23N3O. The molecule has 1 heterocycles. The van der Waals surface area contributed by atoms with Crippen molar-refractivity contribution in [2.75, 3.05) is 6.54 Å². The molecule has 0 atom stereocenters. The molecule has 0 saturated heterocycles. The Kier molecular flexibility index (Phi) is 5.39. The van der Waals surface area contributed by atoms with Crippen molar-refractivity contribution in [1.82, 2.24) is 15.5 Å². The molecule has 0 amide bonds. The van der Waals surface area contributed by atoms with E-state index >= 15 is 0 Å². The van der Waals surface area contributed by atoms with Gasteiger partial charge in [0.25, 0.3) is 0 Å². The lowest BCUT2D eigenvalue weighted by Crippen LogP contribution is -2.13. The first-order valence-electron chi connectivity index (χ1n) is 7.04. The predicted octanol–water partition coefficient (Wildman–Crippen LogP) is 3.17. The molecule has 0 radical (unpaired) electrons. The van der Waals surface area contributed by atoms with Crippen molar-refractivity contribution < 1.29 is 4.52 Å². The smallest absolute Gasteiger partial charge is 0.240 e. The molecule has 100 valence electrons. The zero-order valence-electron chi connectivity index (χ0n) is 11.0. The Hall–Kier alpha value is -1.16. The van der Waals surface area contributed by atoms with Crippen molar-refractivity contribution in [1.29, 1.82) is 0 Å². The minimum atomic E-state index is 0.502. The summed E-state index contributed by atoms with van der Waals surface area (Å²) in [6.45, 7) is 5.06. The molecule has 0 bridgehead atoms. The second-order valence-electron chi connectivity index (χ2n) is 5.01. The Bertz CT molecular complexity index is 354. The average molecular weight is 249 g/mol. The van der Waals surface area contributed by atoms with Gasteiger partial charge < -0.3 is 9.84 Å². The summed E-state index contributed by atoms with van der Waals surface area (Å²) in [5.41, 5.74) is 0. The molecule has 1 N–H and O–H groups in total. The lowest BCUT2D eigenvalue weighted by molar-refractivity contribution is 0.355. The first-order chi connectivity index (χ1) is 8.90. The number of hydrogen-bond donors (Lipinski definition) is 1. The van der Waals surface area contributed by atoms with E-state index in [0.717, 1.165) is 12.4 Å². The van der Waals surface area contributed by atoms with Crippen molar-refractivity contribution in [3.63, 3.8) is 0 Å². The number of hydrogen-bond acceptors (Lipinski definition) is 4. The molecule has 2 rings (SSSR count). The molecule has 0 spiro atoms. The van der Waals surface area contributed by atoms with Gasteiger partial charge >= 0.3 is 0 Å². The Morgan fingerprint density at radius 1 is 1.22 bits per heavy atom. The maximum atomic E-state index is 5.28. The summed E-state index contributed by atoms with van der Waals surface area (Å²) in [6.07, 6.45) is 10.9. The van der Waals surface area contributed by atoms with Crippen molar-refractivity contribution in [3.8, 4) is 0 Å². The fourth-order valence-electron chi connectivity index (χ4n) is 2.50. The molecule has 1 aliphatic rings. The van der Waals surface area contributed by atoms with Gasteiger partial charge in [-0.15, -0.1) is 6.58 Å². The SMILES string of the molecule is C=CCNCc1nc(C2CCCCCCC2)no1. The molecule has 4 nitrogen and oxygen atoms in total. The fourth-order valence-corrected chi connectivity index (χ4v) is 2.50. The minimum Gasteiger partial charge on any atom is -0.338 e. The van der Waals surface area contributed by atoms with Gasteiger partial charge in [-0.05, 0) is 12.8 Å². The topological polar surface area (TPSA) is 51.0 Å². The Morgan fingerprint density at radius 3 is 2.67 bits per heavy atom. The number of nitrogens with one attached hydrogen (secondary N) is 1. The van der Waals surface area contributed by atoms with Crippen LogP contribution in [0.25, 0.3) is 0 Å². The van der Waals surface area contributed by atoms with E-state index in [-0.39, 0.29) is 0 Å². The quantitative estimate of drug-likeness (QED) is 0.643. The highest BCUT2D eigenvalue weighted by molar-refractivity contribution is 4.96. The molecule has 0 aromatic carbocycles. The van der Waals surface area contributed by atoms with E-state index in [1.165, 1.54) is 44.9 Å². The standard InChI is InChI=1S/C14H23N3O/c1-2-10-15-11-13-16-14(17-18-13)12-8-6-4-3-5-7-9-12/h2,12,15H,1,3-11H2. The van der Waals surface area contributed by atoms with Crippen LogP contribution >= 0.6 is 0 Å². The van der Waals surface area contributed by atoms with E-state index in [0.29, 0.717) is 18.4 Å². The summed E-state index contributed by atoms with van der Waals surface area (Å²) in [5.74, 6) is 2.10. The third-order valence-electron chi connectivity index (χ3n) is 3.52. The van der Waals surface area contributed by atoms with Crippen LogP contribution in [-0.2, 0) is 6.54 Å². The van der Waals surface area contributed by atoms with Gasteiger partial charge in [-0.25, -0.2) is 0 Å². The van der Waals surface area contributed by atoms with Crippen LogP contribution in [0.5, 0.6) is 0 Å². The first-order valence-corrected chi connectivity index (χ1v) is 7.04. The lowest BCUT2D eigenvalue weighted by Gasteiger charge is -2.15. The largest absolute Gasteiger partial charge is 0.338 e. The van der Waals surface area contributed by atoms with E-state index in [1.54, 1.807) is 0 Å². The zero-order chi connectivity index (χ0) is 12.6. The van der Waals surface area contributed by atoms with Crippen LogP contribution in [0.15, 0.2) is 17.2 Å². The highest BCUT2D eigenvalue weighted by atomic mass is 16.5. The highest BCUT2D eigenvalue weighted by Crippen LogP contribution is 2.28. The maximum absolute atomic E-state index is 5.28. The van der Waals surface area contributed by atoms with Crippen LogP contribution in [0, 0.1) is 0 Å². The Labute approximate surface area is 109 Å². The molecule has 0 aliphatic heterocycles. The van der Waals surface area contributed by atoms with Crippen LogP contribution in [0.2, 0.25) is 0 Å². The highest BCUT2D eigenvalue weighted by Gasteiger charge is 2.19. The summed E-state index contributed by atoms with van der Waals surface area (Å²) in [7, 11) is 0. The fraction of sp³-hybridized carbons (Fsp3) is 0.714. The van der Waals surface area contributed by atoms with Crippen molar-refractivity contribution in [3.05, 3.63) is 24.4 Å². The normalized spacial score (nSPS) is 18.2. The molecule has 1 aromatic heterocycles. The van der Waals surface area contributed by atoms with E-state index in [9.17, 15) is 0 Å². The van der Waals surface area contributed by atoms with E-state index in [4.69, 9.17) is 4.52 Å². The Balaban J connectivity index is 1.88. The number of rotatable bonds is 5. The maximum Gasteiger partial charge on any atom is 0.240 e. The molecule has 1 fully saturated rings. The summed E-state index contributed by atoms with van der Waals surface area (Å²) in [5, 5.41) is 7.31. The van der Waals surface area contributed by atoms with Gasteiger partial charge in [0.1, 0.15) is 0 Å². The summed E-state index contributed by atoms with van der Waals surface area (Å²) in [6, 6.07) is 0. The zero-order valence-corrected chi connectivity index (χ0v) is 11.0. The van der Waals surface area contributed by atoms with Crippen LogP contribution in [0.4, 0.5) is 0 Å². The molecular weight excluding hydrogens is 226 g/mol. The van der Waals surface area contributed by atoms with Gasteiger partial charge in [0.15, 0.2) is 5.82 Å². The summed E-state index contributed by atoms with van der Waals surface area (Å²) in [4.78, 5) is 4.50. The van der Waals surface area contributed by atoms with Crippen molar-refractivity contribution in [2.24, 2.45) is 0 Å². The lowest BCUT2D eigenvalue weighted by atomic mass is 9.91. The van der Waals surface area contributed by atoms with Gasteiger partial charge in [0.05, 0.1) is 6.54 Å². The molecule has 1 saturated carbocycles. The second kappa shape index (κ2) is 7.31. The number of aromatic nitrogens is 2. The third-order valence-corrected chi connectivity index (χ3v) is 3.52. The van der Waals surface area contributed by atoms with Gasteiger partial charge in [0.2, 0.25) is 5.89 Å². The van der Waals surface area contributed by atoms with Gasteiger partial charge in [-0.1, -0.05) is 43.3 Å². The van der Waals surface area contributed by atoms with Gasteiger partial charge in [-0.2, -0.15) is 4.98 Å². The van der Waals surface area contributed by atoms with E-state index in [2.05, 4.69) is 22.0 Å². The molecule has 4 heteroatoms. The van der Waals surface area contributed by atoms with Crippen LogP contribution in [0.3, 0.4) is 0 Å². The summed E-state index contributed by atoms with van der Waals surface area (Å²) >= 11 is 0. The molecule has 1 aliphatic carbocycles. The first kappa shape index (κ1) is 13.3. The number of nitrogens with zero attached hydrogens (tertiary/aromatic N) is 2. The van der Waals surface area contributed by atoms with Crippen molar-refractivity contribution in [2.45, 2.75) is 57.4 Å². The van der Waals surface area contributed by atoms with Crippen molar-refractivity contribution >= 4 is 0 Å². The average Bonchev–Trinajstić information content (AvgIpc) is 2.78. The van der Waals surface area contributed by atoms with Crippen LogP contribution in [-0.4, -0.2) is 16.7 Å². The van der Waals surface area contributed by atoms with E-state index < -0.39 is 0 Å². The molecule has 18 heavy (non-hydrogen) atoms. The second-order valence-corrected chi connectivity index (χ2v) is 5.01. The summed E-state index contributed by atoms with van der Waals surface area (Å²) < 4.78 is 5.28.